The molecule has 0 fully saturated rings. The van der Waals surface area contributed by atoms with E-state index in [1.807, 2.05) is 216 Å². The van der Waals surface area contributed by atoms with Crippen molar-refractivity contribution in [3.63, 3.8) is 0 Å². The Balaban J connectivity index is 0.952. The second kappa shape index (κ2) is 23.2. The van der Waals surface area contributed by atoms with Gasteiger partial charge in [0.2, 0.25) is 0 Å². The Bertz CT molecular complexity index is 5470. The van der Waals surface area contributed by atoms with Crippen LogP contribution in [0.2, 0.25) is 0 Å². The summed E-state index contributed by atoms with van der Waals surface area (Å²) in [5, 5.41) is 25.8. The molecular formula is C83H49F3N8. The van der Waals surface area contributed by atoms with E-state index in [9.17, 15) is 10.5 Å². The quantitative estimate of drug-likeness (QED) is 0.128. The maximum atomic E-state index is 15.3. The zero-order valence-electron chi connectivity index (χ0n) is 50.0. The van der Waals surface area contributed by atoms with Crippen LogP contribution in [0.25, 0.3) is 156 Å². The van der Waals surface area contributed by atoms with E-state index in [2.05, 4.69) is 66.7 Å². The summed E-state index contributed by atoms with van der Waals surface area (Å²) >= 11 is 0. The van der Waals surface area contributed by atoms with Crippen LogP contribution in [0.4, 0.5) is 13.2 Å². The molecule has 0 aliphatic carbocycles. The first-order chi connectivity index (χ1) is 46.1. The number of nitriles is 2. The molecular weight excluding hydrogens is 1170 g/mol. The number of hydrogen-bond acceptors (Lipinski definition) is 6. The highest BCUT2D eigenvalue weighted by molar-refractivity contribution is 6.14. The topological polar surface area (TPSA) is 109 Å². The second-order valence-corrected chi connectivity index (χ2v) is 23.2. The molecule has 442 valence electrons. The monoisotopic (exact) mass is 1210 g/mol. The normalized spacial score (nSPS) is 11.5. The van der Waals surface area contributed by atoms with E-state index in [1.54, 1.807) is 18.5 Å². The minimum atomic E-state index is -4.81. The highest BCUT2D eigenvalue weighted by atomic mass is 19.4. The van der Waals surface area contributed by atoms with Gasteiger partial charge in [0.15, 0.2) is 0 Å². The first-order valence-corrected chi connectivity index (χ1v) is 30.6. The molecule has 0 radical (unpaired) electrons. The smallest absolute Gasteiger partial charge is 0.309 e. The highest BCUT2D eigenvalue weighted by Crippen LogP contribution is 2.46. The predicted octanol–water partition coefficient (Wildman–Crippen LogP) is 21.2. The summed E-state index contributed by atoms with van der Waals surface area (Å²) in [6, 6.07) is 92.8. The Kier molecular flexibility index (Phi) is 13.9. The van der Waals surface area contributed by atoms with Crippen LogP contribution in [-0.2, 0) is 6.18 Å². The van der Waals surface area contributed by atoms with Crippen molar-refractivity contribution in [1.82, 2.24) is 29.1 Å². The van der Waals surface area contributed by atoms with Crippen molar-refractivity contribution >= 4 is 43.6 Å². The average Bonchev–Trinajstić information content (AvgIpc) is 1.55. The van der Waals surface area contributed by atoms with Gasteiger partial charge in [-0.25, -0.2) is 0 Å². The molecule has 10 aromatic carbocycles. The number of benzene rings is 10. The van der Waals surface area contributed by atoms with Gasteiger partial charge >= 0.3 is 6.18 Å². The van der Waals surface area contributed by atoms with E-state index >= 15 is 13.2 Å². The molecule has 0 aliphatic heterocycles. The van der Waals surface area contributed by atoms with Gasteiger partial charge < -0.3 is 9.13 Å². The summed E-state index contributed by atoms with van der Waals surface area (Å²) in [5.41, 5.74) is 18.0. The first kappa shape index (κ1) is 56.4. The number of alkyl halides is 3. The fraction of sp³-hybridized carbons (Fsp3) is 0.0120. The Hall–Kier alpha value is -12.8. The van der Waals surface area contributed by atoms with Gasteiger partial charge in [0, 0.05) is 74.1 Å². The molecule has 94 heavy (non-hydrogen) atoms. The van der Waals surface area contributed by atoms with E-state index in [0.717, 1.165) is 145 Å². The van der Waals surface area contributed by atoms with Gasteiger partial charge in [-0.3, -0.25) is 19.9 Å². The molecule has 16 aromatic rings. The number of aromatic nitrogens is 6. The highest BCUT2D eigenvalue weighted by Gasteiger charge is 2.32. The van der Waals surface area contributed by atoms with Gasteiger partial charge in [-0.15, -0.1) is 0 Å². The van der Waals surface area contributed by atoms with E-state index in [0.29, 0.717) is 16.9 Å². The van der Waals surface area contributed by atoms with Gasteiger partial charge in [0.05, 0.1) is 79.0 Å². The molecule has 0 bridgehead atoms. The average molecular weight is 1220 g/mol. The molecule has 0 unspecified atom stereocenters. The summed E-state index contributed by atoms with van der Waals surface area (Å²) < 4.78 is 50.0. The second-order valence-electron chi connectivity index (χ2n) is 23.2. The van der Waals surface area contributed by atoms with Gasteiger partial charge in [0.1, 0.15) is 6.07 Å². The minimum absolute atomic E-state index is 0.134. The third-order valence-electron chi connectivity index (χ3n) is 17.6. The molecule has 8 nitrogen and oxygen atoms in total. The lowest BCUT2D eigenvalue weighted by Gasteiger charge is -2.20. The Morgan fingerprint density at radius 3 is 0.936 bits per heavy atom. The van der Waals surface area contributed by atoms with Gasteiger partial charge in [-0.05, 0) is 177 Å². The van der Waals surface area contributed by atoms with Crippen molar-refractivity contribution in [3.05, 3.63) is 314 Å². The Labute approximate surface area is 538 Å². The van der Waals surface area contributed by atoms with Crippen molar-refractivity contribution in [3.8, 4) is 124 Å². The summed E-state index contributed by atoms with van der Waals surface area (Å²) in [7, 11) is 0. The number of rotatable bonds is 11. The van der Waals surface area contributed by atoms with Crippen LogP contribution in [0.3, 0.4) is 0 Å². The summed E-state index contributed by atoms with van der Waals surface area (Å²) in [5.74, 6) is 0. The van der Waals surface area contributed by atoms with Gasteiger partial charge in [-0.1, -0.05) is 146 Å². The lowest BCUT2D eigenvalue weighted by atomic mass is 9.95. The zero-order chi connectivity index (χ0) is 63.4. The van der Waals surface area contributed by atoms with Gasteiger partial charge in [-0.2, -0.15) is 23.7 Å². The fourth-order valence-corrected chi connectivity index (χ4v) is 13.1. The molecule has 6 aromatic heterocycles. The Morgan fingerprint density at radius 2 is 0.617 bits per heavy atom. The molecule has 0 amide bonds. The molecule has 0 N–H and O–H groups in total. The number of fused-ring (bicyclic) bond motifs is 6. The lowest BCUT2D eigenvalue weighted by molar-refractivity contribution is -0.137. The van der Waals surface area contributed by atoms with Crippen molar-refractivity contribution in [1.29, 1.82) is 10.5 Å². The third-order valence-corrected chi connectivity index (χ3v) is 17.6. The first-order valence-electron chi connectivity index (χ1n) is 30.6. The molecule has 0 aliphatic rings. The number of pyridine rings is 4. The van der Waals surface area contributed by atoms with Crippen molar-refractivity contribution in [2.45, 2.75) is 6.18 Å². The van der Waals surface area contributed by atoms with Crippen LogP contribution in [0, 0.1) is 22.7 Å². The van der Waals surface area contributed by atoms with Crippen molar-refractivity contribution in [2.24, 2.45) is 0 Å². The molecule has 6 heterocycles. The molecule has 16 rings (SSSR count). The molecule has 0 atom stereocenters. The molecule has 0 saturated heterocycles. The van der Waals surface area contributed by atoms with E-state index in [1.165, 1.54) is 6.07 Å². The number of nitrogens with zero attached hydrogens (tertiary/aromatic N) is 8. The number of halogens is 3. The molecule has 11 heteroatoms. The van der Waals surface area contributed by atoms with E-state index < -0.39 is 11.7 Å². The predicted molar refractivity (Wildman–Crippen MR) is 370 cm³/mol. The van der Waals surface area contributed by atoms with Gasteiger partial charge in [0.25, 0.3) is 0 Å². The van der Waals surface area contributed by atoms with E-state index in [-0.39, 0.29) is 16.7 Å². The standard InChI is InChI=1S/C83H49F3N8/c84-83(85,86)67-38-52(50-87)37-65(39-67)68-49-81(93-77-25-21-57(61-29-33-89-73(44-61)53-13-5-1-6-14-53)40-69(77)70-41-58(22-26-78(70)93)62-30-34-90-74(45-62)54-15-7-2-8-16-54)66(51-88)48-82(68)94-79-27-23-59(63-31-35-91-75(46-63)55-17-9-3-10-18-55)42-71(79)72-43-60(24-28-80(72)94)64-32-36-92-76(47-64)56-19-11-4-12-20-56/h1-49H. The van der Waals surface area contributed by atoms with Crippen LogP contribution in [0.5, 0.6) is 0 Å². The fourth-order valence-electron chi connectivity index (χ4n) is 13.1. The van der Waals surface area contributed by atoms with Crippen LogP contribution in [0.15, 0.2) is 298 Å². The van der Waals surface area contributed by atoms with Crippen LogP contribution in [0.1, 0.15) is 16.7 Å². The van der Waals surface area contributed by atoms with Crippen LogP contribution in [-0.4, -0.2) is 29.1 Å². The third kappa shape index (κ3) is 10.3. The maximum absolute atomic E-state index is 15.3. The van der Waals surface area contributed by atoms with Crippen LogP contribution >= 0.6 is 0 Å². The summed E-state index contributed by atoms with van der Waals surface area (Å²) in [6.45, 7) is 0. The molecule has 0 spiro atoms. The zero-order valence-corrected chi connectivity index (χ0v) is 50.0. The number of hydrogen-bond donors (Lipinski definition) is 0. The minimum Gasteiger partial charge on any atom is -0.309 e. The van der Waals surface area contributed by atoms with Crippen molar-refractivity contribution < 1.29 is 13.2 Å². The maximum Gasteiger partial charge on any atom is 0.416 e. The van der Waals surface area contributed by atoms with Crippen molar-refractivity contribution in [2.75, 3.05) is 0 Å². The summed E-state index contributed by atoms with van der Waals surface area (Å²) in [6.07, 6.45) is 2.42. The summed E-state index contributed by atoms with van der Waals surface area (Å²) in [4.78, 5) is 19.0. The van der Waals surface area contributed by atoms with Crippen LogP contribution < -0.4 is 0 Å². The Morgan fingerprint density at radius 1 is 0.287 bits per heavy atom. The van der Waals surface area contributed by atoms with E-state index in [4.69, 9.17) is 19.9 Å². The molecule has 0 saturated carbocycles. The SMILES string of the molecule is N#Cc1cc(-c2cc(-n3c4ccc(-c5ccnc(-c6ccccc6)c5)cc4c4cc(-c5ccnc(-c6ccccc6)c5)ccc43)c(C#N)cc2-n2c3ccc(-c4ccnc(-c5ccccc5)c4)cc3c3cc(-c4ccnc(-c5ccccc5)c4)ccc32)cc(C(F)(F)F)c1. The largest absolute Gasteiger partial charge is 0.416 e. The lowest BCUT2D eigenvalue weighted by Crippen LogP contribution is -2.07.